The van der Waals surface area contributed by atoms with E-state index < -0.39 is 4.92 Å². The molecule has 3 rings (SSSR count). The summed E-state index contributed by atoms with van der Waals surface area (Å²) in [6.45, 7) is 2.62. The summed E-state index contributed by atoms with van der Waals surface area (Å²) in [7, 11) is 3.29. The van der Waals surface area contributed by atoms with E-state index >= 15 is 0 Å². The van der Waals surface area contributed by atoms with Crippen LogP contribution in [0, 0.1) is 10.1 Å². The fraction of sp³-hybridized carbons (Fsp3) is 0.375. The number of hydrogen-bond donors (Lipinski definition) is 0. The van der Waals surface area contributed by atoms with Gasteiger partial charge in [0.1, 0.15) is 0 Å². The summed E-state index contributed by atoms with van der Waals surface area (Å²) >= 11 is 1.27. The molecule has 0 atom stereocenters. The summed E-state index contributed by atoms with van der Waals surface area (Å²) in [5, 5.41) is 11.8. The van der Waals surface area contributed by atoms with Crippen LogP contribution < -0.4 is 4.90 Å². The maximum Gasteiger partial charge on any atom is 0.270 e. The van der Waals surface area contributed by atoms with Gasteiger partial charge in [-0.3, -0.25) is 24.8 Å². The first-order chi connectivity index (χ1) is 12.0. The van der Waals surface area contributed by atoms with Gasteiger partial charge in [-0.05, 0) is 23.9 Å². The van der Waals surface area contributed by atoms with Gasteiger partial charge in [0.25, 0.3) is 11.6 Å². The molecule has 1 amide bonds. The highest BCUT2D eigenvalue weighted by molar-refractivity contribution is 8.18. The van der Waals surface area contributed by atoms with Crippen LogP contribution in [0.25, 0.3) is 6.08 Å². The van der Waals surface area contributed by atoms with Crippen molar-refractivity contribution in [3.63, 3.8) is 0 Å². The number of anilines is 1. The number of nitro benzene ring substituents is 1. The van der Waals surface area contributed by atoms with Crippen LogP contribution >= 0.6 is 11.8 Å². The van der Waals surface area contributed by atoms with Crippen molar-refractivity contribution in [1.82, 2.24) is 4.90 Å². The summed E-state index contributed by atoms with van der Waals surface area (Å²) in [6, 6.07) is 4.73. The lowest BCUT2D eigenvalue weighted by atomic mass is 10.1. The van der Waals surface area contributed by atoms with Crippen molar-refractivity contribution in [3.8, 4) is 0 Å². The molecule has 1 aromatic carbocycles. The standard InChI is InChI=1S/C16H18N4O4S/c1-17-16-18(2)15(21)14(25-16)10-11-9-12(20(22)23)3-4-13(11)19-5-7-24-8-6-19/h3-4,9-10H,5-8H2,1-2H3/b14-10+,17-16?. The lowest BCUT2D eigenvalue weighted by molar-refractivity contribution is -0.384. The van der Waals surface area contributed by atoms with E-state index in [4.69, 9.17) is 4.74 Å². The number of hydrogen-bond acceptors (Lipinski definition) is 7. The van der Waals surface area contributed by atoms with Gasteiger partial charge in [0.2, 0.25) is 0 Å². The number of nitrogens with zero attached hydrogens (tertiary/aromatic N) is 4. The average Bonchev–Trinajstić information content (AvgIpc) is 2.90. The van der Waals surface area contributed by atoms with Crippen LogP contribution in [0.4, 0.5) is 11.4 Å². The molecule has 2 heterocycles. The highest BCUT2D eigenvalue weighted by Crippen LogP contribution is 2.35. The second kappa shape index (κ2) is 7.24. The van der Waals surface area contributed by atoms with Crippen molar-refractivity contribution in [2.24, 2.45) is 4.99 Å². The summed E-state index contributed by atoms with van der Waals surface area (Å²) in [5.41, 5.74) is 1.51. The van der Waals surface area contributed by atoms with E-state index in [1.165, 1.54) is 28.8 Å². The molecule has 0 spiro atoms. The van der Waals surface area contributed by atoms with E-state index in [0.29, 0.717) is 41.9 Å². The van der Waals surface area contributed by atoms with Gasteiger partial charge in [-0.2, -0.15) is 0 Å². The van der Waals surface area contributed by atoms with Crippen LogP contribution in [-0.4, -0.2) is 61.3 Å². The van der Waals surface area contributed by atoms with Gasteiger partial charge in [0.15, 0.2) is 5.17 Å². The van der Waals surface area contributed by atoms with Gasteiger partial charge in [-0.25, -0.2) is 0 Å². The zero-order chi connectivity index (χ0) is 18.0. The van der Waals surface area contributed by atoms with E-state index in [9.17, 15) is 14.9 Å². The van der Waals surface area contributed by atoms with Crippen LogP contribution in [0.2, 0.25) is 0 Å². The zero-order valence-electron chi connectivity index (χ0n) is 14.0. The van der Waals surface area contributed by atoms with Crippen LogP contribution in [0.15, 0.2) is 28.1 Å². The number of likely N-dealkylation sites (N-methyl/N-ethyl adjacent to an activating group) is 1. The Morgan fingerprint density at radius 1 is 1.36 bits per heavy atom. The Balaban J connectivity index is 2.03. The fourth-order valence-corrected chi connectivity index (χ4v) is 3.67. The minimum atomic E-state index is -0.431. The SMILES string of the molecule is CN=C1S/C(=C/c2cc([N+](=O)[O-])ccc2N2CCOCC2)C(=O)N1C. The third-order valence-corrected chi connectivity index (χ3v) is 5.21. The average molecular weight is 362 g/mol. The van der Waals surface area contributed by atoms with Gasteiger partial charge >= 0.3 is 0 Å². The second-order valence-corrected chi connectivity index (χ2v) is 6.59. The molecule has 1 aromatic rings. The number of nitro groups is 1. The normalized spacial score (nSPS) is 21.4. The number of rotatable bonds is 3. The molecule has 0 radical (unpaired) electrons. The van der Waals surface area contributed by atoms with E-state index in [1.54, 1.807) is 26.2 Å². The lowest BCUT2D eigenvalue weighted by Crippen LogP contribution is -2.36. The molecule has 25 heavy (non-hydrogen) atoms. The lowest BCUT2D eigenvalue weighted by Gasteiger charge is -2.30. The Labute approximate surface area is 149 Å². The number of amidine groups is 1. The van der Waals surface area contributed by atoms with Crippen LogP contribution in [-0.2, 0) is 9.53 Å². The molecule has 9 heteroatoms. The molecule has 0 unspecified atom stereocenters. The van der Waals surface area contributed by atoms with Crippen molar-refractivity contribution in [3.05, 3.63) is 38.8 Å². The minimum Gasteiger partial charge on any atom is -0.378 e. The maximum absolute atomic E-state index is 12.4. The molecule has 2 fully saturated rings. The van der Waals surface area contributed by atoms with Crippen LogP contribution in [0.5, 0.6) is 0 Å². The molecule has 8 nitrogen and oxygen atoms in total. The first-order valence-corrected chi connectivity index (χ1v) is 8.58. The van der Waals surface area contributed by atoms with Crippen LogP contribution in [0.1, 0.15) is 5.56 Å². The molecule has 0 N–H and O–H groups in total. The van der Waals surface area contributed by atoms with E-state index in [2.05, 4.69) is 9.89 Å². The summed E-state index contributed by atoms with van der Waals surface area (Å²) < 4.78 is 5.37. The summed E-state index contributed by atoms with van der Waals surface area (Å²) in [5.74, 6) is -0.162. The molecule has 0 aliphatic carbocycles. The van der Waals surface area contributed by atoms with E-state index in [-0.39, 0.29) is 11.6 Å². The molecule has 2 aliphatic rings. The predicted octanol–water partition coefficient (Wildman–Crippen LogP) is 1.96. The largest absolute Gasteiger partial charge is 0.378 e. The first-order valence-electron chi connectivity index (χ1n) is 7.77. The van der Waals surface area contributed by atoms with Crippen LogP contribution in [0.3, 0.4) is 0 Å². The molecule has 0 saturated carbocycles. The zero-order valence-corrected chi connectivity index (χ0v) is 14.8. The number of amides is 1. The number of thioether (sulfide) groups is 1. The Bertz CT molecular complexity index is 771. The molecular formula is C16H18N4O4S. The monoisotopic (exact) mass is 362 g/mol. The predicted molar refractivity (Wildman–Crippen MR) is 97.8 cm³/mol. The third-order valence-electron chi connectivity index (χ3n) is 4.06. The van der Waals surface area contributed by atoms with E-state index in [1.807, 2.05) is 0 Å². The van der Waals surface area contributed by atoms with Gasteiger partial charge < -0.3 is 9.64 Å². The Kier molecular flexibility index (Phi) is 5.05. The van der Waals surface area contributed by atoms with Crippen molar-refractivity contribution < 1.29 is 14.5 Å². The van der Waals surface area contributed by atoms with Crippen molar-refractivity contribution in [2.75, 3.05) is 45.3 Å². The number of morpholine rings is 1. The Morgan fingerprint density at radius 3 is 2.68 bits per heavy atom. The molecule has 2 aliphatic heterocycles. The number of benzene rings is 1. The third kappa shape index (κ3) is 3.52. The number of non-ortho nitro benzene ring substituents is 1. The number of ether oxygens (including phenoxy) is 1. The number of carbonyl (C=O) groups excluding carboxylic acids is 1. The van der Waals surface area contributed by atoms with Gasteiger partial charge in [-0.15, -0.1) is 0 Å². The molecule has 2 saturated heterocycles. The van der Waals surface area contributed by atoms with Crippen molar-refractivity contribution in [1.29, 1.82) is 0 Å². The smallest absolute Gasteiger partial charge is 0.270 e. The van der Waals surface area contributed by atoms with E-state index in [0.717, 1.165) is 5.69 Å². The highest BCUT2D eigenvalue weighted by Gasteiger charge is 2.30. The Morgan fingerprint density at radius 2 is 2.08 bits per heavy atom. The molecule has 0 aromatic heterocycles. The van der Waals surface area contributed by atoms with Gasteiger partial charge in [-0.1, -0.05) is 0 Å². The van der Waals surface area contributed by atoms with Gasteiger partial charge in [0, 0.05) is 50.6 Å². The van der Waals surface area contributed by atoms with Crippen molar-refractivity contribution >= 4 is 40.3 Å². The minimum absolute atomic E-state index is 0.00274. The summed E-state index contributed by atoms with van der Waals surface area (Å²) in [4.78, 5) is 31.3. The second-order valence-electron chi connectivity index (χ2n) is 5.58. The quantitative estimate of drug-likeness (QED) is 0.464. The first kappa shape index (κ1) is 17.4. The molecule has 0 bridgehead atoms. The highest BCUT2D eigenvalue weighted by atomic mass is 32.2. The fourth-order valence-electron chi connectivity index (χ4n) is 2.75. The maximum atomic E-state index is 12.4. The molecular weight excluding hydrogens is 344 g/mol. The Hall–Kier alpha value is -2.39. The number of aliphatic imine (C=N–C) groups is 1. The van der Waals surface area contributed by atoms with Crippen molar-refractivity contribution in [2.45, 2.75) is 0 Å². The number of carbonyl (C=O) groups is 1. The summed E-state index contributed by atoms with van der Waals surface area (Å²) in [6.07, 6.45) is 1.71. The molecule has 132 valence electrons. The topological polar surface area (TPSA) is 88.3 Å². The van der Waals surface area contributed by atoms with Gasteiger partial charge in [0.05, 0.1) is 23.0 Å².